The first-order valence-corrected chi connectivity index (χ1v) is 7.29. The molecule has 15 heavy (non-hydrogen) atoms. The molecule has 2 nitrogen and oxygen atoms in total. The smallest absolute Gasteiger partial charge is 0.0149 e. The van der Waals surface area contributed by atoms with Crippen LogP contribution in [0.25, 0.3) is 0 Å². The van der Waals surface area contributed by atoms with Gasteiger partial charge in [0.05, 0.1) is 0 Å². The topological polar surface area (TPSA) is 15.3 Å². The van der Waals surface area contributed by atoms with Crippen LogP contribution < -0.4 is 5.32 Å². The van der Waals surface area contributed by atoms with Gasteiger partial charge in [-0.2, -0.15) is 11.8 Å². The molecular formula is C12H24N2S. The fraction of sp³-hybridized carbons (Fsp3) is 1.00. The van der Waals surface area contributed by atoms with Crippen LogP contribution in [0.3, 0.4) is 0 Å². The van der Waals surface area contributed by atoms with E-state index in [9.17, 15) is 0 Å². The highest BCUT2D eigenvalue weighted by Crippen LogP contribution is 2.24. The van der Waals surface area contributed by atoms with Gasteiger partial charge in [0, 0.05) is 29.6 Å². The van der Waals surface area contributed by atoms with E-state index in [1.54, 1.807) is 0 Å². The summed E-state index contributed by atoms with van der Waals surface area (Å²) in [4.78, 5) is 2.64. The SMILES string of the molecule is CC1CN(CCCNC2CC2)CC(C)S1. The van der Waals surface area contributed by atoms with E-state index in [1.807, 2.05) is 0 Å². The van der Waals surface area contributed by atoms with Crippen LogP contribution in [0.5, 0.6) is 0 Å². The second kappa shape index (κ2) is 5.55. The zero-order valence-corrected chi connectivity index (χ0v) is 10.9. The van der Waals surface area contributed by atoms with E-state index in [1.165, 1.54) is 45.4 Å². The number of hydrogen-bond acceptors (Lipinski definition) is 3. The molecule has 1 aliphatic carbocycles. The van der Waals surface area contributed by atoms with Gasteiger partial charge < -0.3 is 10.2 Å². The Hall–Kier alpha value is 0.270. The maximum atomic E-state index is 3.59. The van der Waals surface area contributed by atoms with Crippen molar-refractivity contribution in [2.24, 2.45) is 0 Å². The zero-order valence-electron chi connectivity index (χ0n) is 10.0. The molecule has 0 radical (unpaired) electrons. The lowest BCUT2D eigenvalue weighted by molar-refractivity contribution is 0.266. The van der Waals surface area contributed by atoms with E-state index < -0.39 is 0 Å². The molecule has 2 fully saturated rings. The zero-order chi connectivity index (χ0) is 10.7. The molecule has 1 saturated carbocycles. The third-order valence-corrected chi connectivity index (χ3v) is 4.38. The largest absolute Gasteiger partial charge is 0.314 e. The average Bonchev–Trinajstić information content (AvgIpc) is 2.94. The van der Waals surface area contributed by atoms with Crippen molar-refractivity contribution in [1.29, 1.82) is 0 Å². The minimum Gasteiger partial charge on any atom is -0.314 e. The molecule has 1 heterocycles. The molecule has 0 bridgehead atoms. The van der Waals surface area contributed by atoms with Crippen LogP contribution in [0.4, 0.5) is 0 Å². The molecule has 2 aliphatic rings. The number of nitrogens with one attached hydrogen (secondary N) is 1. The summed E-state index contributed by atoms with van der Waals surface area (Å²) in [6, 6.07) is 0.875. The lowest BCUT2D eigenvalue weighted by Gasteiger charge is -2.34. The minimum atomic E-state index is 0.824. The van der Waals surface area contributed by atoms with Gasteiger partial charge >= 0.3 is 0 Å². The third kappa shape index (κ3) is 4.33. The maximum Gasteiger partial charge on any atom is 0.0149 e. The van der Waals surface area contributed by atoms with Crippen LogP contribution in [0.15, 0.2) is 0 Å². The van der Waals surface area contributed by atoms with E-state index in [4.69, 9.17) is 0 Å². The van der Waals surface area contributed by atoms with Gasteiger partial charge in [0.2, 0.25) is 0 Å². The summed E-state index contributed by atoms with van der Waals surface area (Å²) < 4.78 is 0. The van der Waals surface area contributed by atoms with Crippen LogP contribution in [0, 0.1) is 0 Å². The van der Waals surface area contributed by atoms with E-state index >= 15 is 0 Å². The maximum absolute atomic E-state index is 3.59. The Kier molecular flexibility index (Phi) is 4.35. The van der Waals surface area contributed by atoms with Gasteiger partial charge in [0.25, 0.3) is 0 Å². The molecule has 0 aromatic rings. The standard InChI is InChI=1S/C12H24N2S/c1-10-8-14(9-11(2)15-10)7-3-6-13-12-4-5-12/h10-13H,3-9H2,1-2H3. The molecule has 3 heteroatoms. The Bertz CT molecular complexity index is 184. The van der Waals surface area contributed by atoms with Gasteiger partial charge in [-0.1, -0.05) is 13.8 Å². The first-order valence-electron chi connectivity index (χ1n) is 6.35. The summed E-state index contributed by atoms with van der Waals surface area (Å²) in [6.07, 6.45) is 4.14. The fourth-order valence-corrected chi connectivity index (χ4v) is 3.75. The van der Waals surface area contributed by atoms with Gasteiger partial charge in [0.1, 0.15) is 0 Å². The molecular weight excluding hydrogens is 204 g/mol. The summed E-state index contributed by atoms with van der Waals surface area (Å²) in [6.45, 7) is 9.80. The second-order valence-electron chi connectivity index (χ2n) is 5.10. The normalized spacial score (nSPS) is 33.2. The number of thioether (sulfide) groups is 1. The van der Waals surface area contributed by atoms with Crippen LogP contribution in [0.1, 0.15) is 33.1 Å². The average molecular weight is 228 g/mol. The van der Waals surface area contributed by atoms with Gasteiger partial charge in [-0.15, -0.1) is 0 Å². The lowest BCUT2D eigenvalue weighted by atomic mass is 10.3. The highest BCUT2D eigenvalue weighted by molar-refractivity contribution is 8.00. The highest BCUT2D eigenvalue weighted by atomic mass is 32.2. The van der Waals surface area contributed by atoms with Crippen molar-refractivity contribution in [3.05, 3.63) is 0 Å². The van der Waals surface area contributed by atoms with E-state index in [0.29, 0.717) is 0 Å². The first-order chi connectivity index (χ1) is 7.24. The van der Waals surface area contributed by atoms with Crippen molar-refractivity contribution < 1.29 is 0 Å². The Morgan fingerprint density at radius 2 is 1.87 bits per heavy atom. The molecule has 2 atom stereocenters. The van der Waals surface area contributed by atoms with Crippen LogP contribution in [0.2, 0.25) is 0 Å². The van der Waals surface area contributed by atoms with Gasteiger partial charge in [-0.25, -0.2) is 0 Å². The summed E-state index contributed by atoms with van der Waals surface area (Å²) >= 11 is 2.14. The van der Waals surface area contributed by atoms with Gasteiger partial charge in [0.15, 0.2) is 0 Å². The number of hydrogen-bond donors (Lipinski definition) is 1. The molecule has 88 valence electrons. The molecule has 1 N–H and O–H groups in total. The summed E-state index contributed by atoms with van der Waals surface area (Å²) in [5.41, 5.74) is 0. The highest BCUT2D eigenvalue weighted by Gasteiger charge is 2.22. The predicted molar refractivity (Wildman–Crippen MR) is 68.6 cm³/mol. The van der Waals surface area contributed by atoms with E-state index in [0.717, 1.165) is 16.5 Å². The molecule has 0 aromatic heterocycles. The first kappa shape index (κ1) is 11.7. The van der Waals surface area contributed by atoms with Crippen molar-refractivity contribution in [3.8, 4) is 0 Å². The summed E-state index contributed by atoms with van der Waals surface area (Å²) in [5.74, 6) is 0. The van der Waals surface area contributed by atoms with Crippen LogP contribution in [-0.4, -0.2) is 47.6 Å². The molecule has 0 aromatic carbocycles. The third-order valence-electron chi connectivity index (χ3n) is 3.16. The van der Waals surface area contributed by atoms with Crippen molar-refractivity contribution >= 4 is 11.8 Å². The van der Waals surface area contributed by atoms with Crippen LogP contribution in [-0.2, 0) is 0 Å². The molecule has 0 amide bonds. The Morgan fingerprint density at radius 3 is 2.47 bits per heavy atom. The summed E-state index contributed by atoms with van der Waals surface area (Å²) in [5, 5.41) is 5.24. The number of nitrogens with zero attached hydrogens (tertiary/aromatic N) is 1. The van der Waals surface area contributed by atoms with Crippen molar-refractivity contribution in [2.75, 3.05) is 26.2 Å². The second-order valence-corrected chi connectivity index (χ2v) is 6.98. The van der Waals surface area contributed by atoms with E-state index in [-0.39, 0.29) is 0 Å². The Labute approximate surface area is 98.2 Å². The fourth-order valence-electron chi connectivity index (χ4n) is 2.36. The summed E-state index contributed by atoms with van der Waals surface area (Å²) in [7, 11) is 0. The quantitative estimate of drug-likeness (QED) is 0.724. The van der Waals surface area contributed by atoms with Gasteiger partial charge in [-0.05, 0) is 32.4 Å². The molecule has 2 unspecified atom stereocenters. The monoisotopic (exact) mass is 228 g/mol. The van der Waals surface area contributed by atoms with Gasteiger partial charge in [-0.3, -0.25) is 0 Å². The minimum absolute atomic E-state index is 0.824. The van der Waals surface area contributed by atoms with Crippen molar-refractivity contribution in [2.45, 2.75) is 49.7 Å². The molecule has 2 rings (SSSR count). The van der Waals surface area contributed by atoms with Crippen LogP contribution >= 0.6 is 11.8 Å². The lowest BCUT2D eigenvalue weighted by Crippen LogP contribution is -2.41. The molecule has 0 spiro atoms. The number of rotatable bonds is 5. The van der Waals surface area contributed by atoms with E-state index in [2.05, 4.69) is 35.8 Å². The molecule has 1 saturated heterocycles. The van der Waals surface area contributed by atoms with Crippen molar-refractivity contribution in [3.63, 3.8) is 0 Å². The van der Waals surface area contributed by atoms with Crippen molar-refractivity contribution in [1.82, 2.24) is 10.2 Å². The Morgan fingerprint density at radius 1 is 1.20 bits per heavy atom. The molecule has 1 aliphatic heterocycles. The Balaban J connectivity index is 1.56. The predicted octanol–water partition coefficient (Wildman–Crippen LogP) is 1.95.